The van der Waals surface area contributed by atoms with Crippen molar-refractivity contribution in [3.8, 4) is 11.3 Å². The van der Waals surface area contributed by atoms with E-state index >= 15 is 0 Å². The van der Waals surface area contributed by atoms with Crippen molar-refractivity contribution in [2.24, 2.45) is 5.41 Å². The quantitative estimate of drug-likeness (QED) is 0.838. The van der Waals surface area contributed by atoms with Crippen LogP contribution in [0.15, 0.2) is 18.5 Å². The Labute approximate surface area is 169 Å². The standard InChI is InChI=1S/C20H26FN7O/c21-15-10-20(11-15)1-3-28(4-2-20)19-25-16(14-12-23-18(22)24-13-14)9-17(26-19)27-5-7-29-8-6-27/h9,12-13,15H,1-8,10-11H2,(H2,22,23,24). The molecule has 1 saturated carbocycles. The molecule has 0 aromatic carbocycles. The average Bonchev–Trinajstić information content (AvgIpc) is 2.74. The van der Waals surface area contributed by atoms with Crippen molar-refractivity contribution < 1.29 is 9.13 Å². The number of hydrogen-bond donors (Lipinski definition) is 1. The Kier molecular flexibility index (Phi) is 4.69. The summed E-state index contributed by atoms with van der Waals surface area (Å²) >= 11 is 0. The highest BCUT2D eigenvalue weighted by atomic mass is 19.1. The van der Waals surface area contributed by atoms with Crippen molar-refractivity contribution in [3.63, 3.8) is 0 Å². The first kappa shape index (κ1) is 18.5. The van der Waals surface area contributed by atoms with Crippen molar-refractivity contribution in [2.75, 3.05) is 54.9 Å². The summed E-state index contributed by atoms with van der Waals surface area (Å²) in [4.78, 5) is 22.4. The van der Waals surface area contributed by atoms with Crippen LogP contribution in [-0.2, 0) is 4.74 Å². The molecule has 0 unspecified atom stereocenters. The summed E-state index contributed by atoms with van der Waals surface area (Å²) in [5.74, 6) is 1.84. The molecule has 2 aliphatic heterocycles. The number of anilines is 3. The molecule has 8 nitrogen and oxygen atoms in total. The van der Waals surface area contributed by atoms with Gasteiger partial charge >= 0.3 is 0 Å². The van der Waals surface area contributed by atoms with E-state index in [2.05, 4.69) is 19.8 Å². The number of nitrogens with two attached hydrogens (primary N) is 1. The Morgan fingerprint density at radius 2 is 1.69 bits per heavy atom. The highest BCUT2D eigenvalue weighted by Gasteiger charge is 2.46. The average molecular weight is 399 g/mol. The predicted molar refractivity (Wildman–Crippen MR) is 109 cm³/mol. The highest BCUT2D eigenvalue weighted by molar-refractivity contribution is 5.64. The van der Waals surface area contributed by atoms with E-state index in [0.29, 0.717) is 32.0 Å². The second-order valence-electron chi connectivity index (χ2n) is 8.33. The summed E-state index contributed by atoms with van der Waals surface area (Å²) in [6, 6.07) is 1.98. The first-order chi connectivity index (χ1) is 14.1. The second kappa shape index (κ2) is 7.37. The SMILES string of the molecule is Nc1ncc(-c2cc(N3CCOCC3)nc(N3CCC4(CC3)CC(F)C4)n2)cn1. The van der Waals surface area contributed by atoms with Gasteiger partial charge in [0, 0.05) is 50.2 Å². The molecule has 5 rings (SSSR count). The van der Waals surface area contributed by atoms with Gasteiger partial charge in [-0.3, -0.25) is 0 Å². The lowest BCUT2D eigenvalue weighted by atomic mass is 9.62. The summed E-state index contributed by atoms with van der Waals surface area (Å²) in [5.41, 5.74) is 7.43. The van der Waals surface area contributed by atoms with Crippen molar-refractivity contribution in [2.45, 2.75) is 31.9 Å². The molecule has 29 heavy (non-hydrogen) atoms. The summed E-state index contributed by atoms with van der Waals surface area (Å²) in [6.45, 7) is 4.70. The minimum absolute atomic E-state index is 0.200. The lowest BCUT2D eigenvalue weighted by Crippen LogP contribution is -2.48. The summed E-state index contributed by atoms with van der Waals surface area (Å²) in [6.07, 6.45) is 6.20. The molecule has 9 heteroatoms. The van der Waals surface area contributed by atoms with E-state index in [1.807, 2.05) is 6.07 Å². The zero-order valence-corrected chi connectivity index (χ0v) is 16.4. The molecule has 0 amide bonds. The number of rotatable bonds is 3. The van der Waals surface area contributed by atoms with Crippen LogP contribution in [0.2, 0.25) is 0 Å². The summed E-state index contributed by atoms with van der Waals surface area (Å²) in [7, 11) is 0. The first-order valence-electron chi connectivity index (χ1n) is 10.3. The number of piperidine rings is 1. The fraction of sp³-hybridized carbons (Fsp3) is 0.600. The van der Waals surface area contributed by atoms with Crippen LogP contribution in [0, 0.1) is 5.41 Å². The van der Waals surface area contributed by atoms with E-state index in [0.717, 1.165) is 56.1 Å². The van der Waals surface area contributed by atoms with Gasteiger partial charge in [-0.1, -0.05) is 0 Å². The molecule has 0 radical (unpaired) electrons. The number of ether oxygens (including phenoxy) is 1. The fourth-order valence-electron chi connectivity index (χ4n) is 4.61. The van der Waals surface area contributed by atoms with Crippen molar-refractivity contribution in [3.05, 3.63) is 18.5 Å². The Morgan fingerprint density at radius 1 is 1.00 bits per heavy atom. The van der Waals surface area contributed by atoms with Gasteiger partial charge < -0.3 is 20.3 Å². The molecule has 154 valence electrons. The molecule has 4 heterocycles. The van der Waals surface area contributed by atoms with Crippen LogP contribution in [-0.4, -0.2) is 65.5 Å². The molecule has 2 N–H and O–H groups in total. The highest BCUT2D eigenvalue weighted by Crippen LogP contribution is 2.50. The zero-order valence-electron chi connectivity index (χ0n) is 16.4. The van der Waals surface area contributed by atoms with Crippen LogP contribution >= 0.6 is 0 Å². The third-order valence-corrected chi connectivity index (χ3v) is 6.42. The molecular formula is C20H26FN7O. The van der Waals surface area contributed by atoms with E-state index in [-0.39, 0.29) is 11.4 Å². The molecule has 2 aromatic heterocycles. The maximum absolute atomic E-state index is 13.4. The minimum atomic E-state index is -0.612. The smallest absolute Gasteiger partial charge is 0.227 e. The zero-order chi connectivity index (χ0) is 19.8. The van der Waals surface area contributed by atoms with Crippen LogP contribution in [0.5, 0.6) is 0 Å². The van der Waals surface area contributed by atoms with Gasteiger partial charge in [-0.2, -0.15) is 4.98 Å². The molecule has 1 aliphatic carbocycles. The Hall–Kier alpha value is -2.55. The number of aromatic nitrogens is 4. The predicted octanol–water partition coefficient (Wildman–Crippen LogP) is 2.07. The largest absolute Gasteiger partial charge is 0.378 e. The van der Waals surface area contributed by atoms with E-state index in [1.54, 1.807) is 12.4 Å². The van der Waals surface area contributed by atoms with E-state index in [1.165, 1.54) is 0 Å². The van der Waals surface area contributed by atoms with Crippen LogP contribution < -0.4 is 15.5 Å². The van der Waals surface area contributed by atoms with Gasteiger partial charge in [-0.25, -0.2) is 19.3 Å². The topological polar surface area (TPSA) is 93.3 Å². The monoisotopic (exact) mass is 399 g/mol. The van der Waals surface area contributed by atoms with Gasteiger partial charge in [0.15, 0.2) is 0 Å². The van der Waals surface area contributed by atoms with Gasteiger partial charge in [0.25, 0.3) is 0 Å². The number of nitrogen functional groups attached to an aromatic ring is 1. The Balaban J connectivity index is 1.44. The third-order valence-electron chi connectivity index (χ3n) is 6.42. The Bertz CT molecular complexity index is 856. The van der Waals surface area contributed by atoms with Gasteiger partial charge in [0.05, 0.1) is 18.9 Å². The van der Waals surface area contributed by atoms with Crippen molar-refractivity contribution in [1.29, 1.82) is 0 Å². The van der Waals surface area contributed by atoms with Gasteiger partial charge in [-0.15, -0.1) is 0 Å². The second-order valence-corrected chi connectivity index (χ2v) is 8.33. The number of halogens is 1. The van der Waals surface area contributed by atoms with Crippen LogP contribution in [0.4, 0.5) is 22.1 Å². The normalized spacial score (nSPS) is 22.0. The van der Waals surface area contributed by atoms with Gasteiger partial charge in [0.2, 0.25) is 11.9 Å². The number of morpholine rings is 1. The first-order valence-corrected chi connectivity index (χ1v) is 10.3. The van der Waals surface area contributed by atoms with Crippen molar-refractivity contribution in [1.82, 2.24) is 19.9 Å². The molecule has 3 fully saturated rings. The molecule has 2 aromatic rings. The molecule has 2 saturated heterocycles. The van der Waals surface area contributed by atoms with Crippen LogP contribution in [0.3, 0.4) is 0 Å². The van der Waals surface area contributed by atoms with Gasteiger partial charge in [0.1, 0.15) is 12.0 Å². The Morgan fingerprint density at radius 3 is 2.34 bits per heavy atom. The molecular weight excluding hydrogens is 373 g/mol. The van der Waals surface area contributed by atoms with Gasteiger partial charge in [-0.05, 0) is 31.1 Å². The molecule has 0 atom stereocenters. The van der Waals surface area contributed by atoms with Crippen molar-refractivity contribution >= 4 is 17.7 Å². The third kappa shape index (κ3) is 3.71. The number of nitrogens with zero attached hydrogens (tertiary/aromatic N) is 6. The summed E-state index contributed by atoms with van der Waals surface area (Å²) < 4.78 is 18.9. The van der Waals surface area contributed by atoms with E-state index in [4.69, 9.17) is 20.4 Å². The molecule has 1 spiro atoms. The van der Waals surface area contributed by atoms with Crippen LogP contribution in [0.25, 0.3) is 11.3 Å². The van der Waals surface area contributed by atoms with E-state index in [9.17, 15) is 4.39 Å². The van der Waals surface area contributed by atoms with Crippen LogP contribution in [0.1, 0.15) is 25.7 Å². The fourth-order valence-corrected chi connectivity index (χ4v) is 4.61. The summed E-state index contributed by atoms with van der Waals surface area (Å²) in [5, 5.41) is 0. The maximum atomic E-state index is 13.4. The number of alkyl halides is 1. The number of hydrogen-bond acceptors (Lipinski definition) is 8. The van der Waals surface area contributed by atoms with E-state index < -0.39 is 6.17 Å². The lowest BCUT2D eigenvalue weighted by Gasteiger charge is -2.49. The lowest BCUT2D eigenvalue weighted by molar-refractivity contribution is 0.00432. The molecule has 3 aliphatic rings. The molecule has 0 bridgehead atoms. The minimum Gasteiger partial charge on any atom is -0.378 e. The maximum Gasteiger partial charge on any atom is 0.227 e.